The summed E-state index contributed by atoms with van der Waals surface area (Å²) in [6, 6.07) is 0. The number of halogens is 3. The highest BCUT2D eigenvalue weighted by molar-refractivity contribution is 6.66. The molecule has 0 spiro atoms. The first kappa shape index (κ1) is 20.8. The van der Waals surface area contributed by atoms with E-state index in [0.717, 1.165) is 0 Å². The lowest BCUT2D eigenvalue weighted by Crippen LogP contribution is -2.40. The van der Waals surface area contributed by atoms with Crippen LogP contribution in [0.1, 0.15) is 47.5 Å². The van der Waals surface area contributed by atoms with Crippen LogP contribution < -0.4 is 0 Å². The van der Waals surface area contributed by atoms with Crippen molar-refractivity contribution in [1.82, 2.24) is 0 Å². The largest absolute Gasteiger partial charge is 0.460 e. The van der Waals surface area contributed by atoms with Gasteiger partial charge in [0, 0.05) is 0 Å². The first-order valence-electron chi connectivity index (χ1n) is 7.57. The minimum atomic E-state index is -2.18. The Hall–Kier alpha value is -0.230. The van der Waals surface area contributed by atoms with Crippen LogP contribution in [-0.4, -0.2) is 33.7 Å². The zero-order chi connectivity index (χ0) is 18.0. The summed E-state index contributed by atoms with van der Waals surface area (Å²) in [6.45, 7) is 9.00. The Kier molecular flexibility index (Phi) is 7.03. The molecule has 0 aliphatic carbocycles. The van der Waals surface area contributed by atoms with Gasteiger partial charge in [0.25, 0.3) is 0 Å². The topological polar surface area (TPSA) is 61.8 Å². The molecule has 0 amide bonds. The number of hydrogen-bond acceptors (Lipinski definition) is 5. The molecule has 0 aromatic carbocycles. The fourth-order valence-corrected chi connectivity index (χ4v) is 2.93. The van der Waals surface area contributed by atoms with Crippen LogP contribution in [0.2, 0.25) is 0 Å². The lowest BCUT2D eigenvalue weighted by Gasteiger charge is -2.27. The summed E-state index contributed by atoms with van der Waals surface area (Å²) in [5, 5.41) is 0. The smallest absolute Gasteiger partial charge is 0.340 e. The fraction of sp³-hybridized carbons (Fsp3) is 0.867. The number of rotatable bonds is 4. The SMILES string of the molecule is CCC1OC(CC)C(C(=O)OC(Cl)(Cl)Cl)C1C(=O)OC(C)(C)C. The Labute approximate surface area is 151 Å². The van der Waals surface area contributed by atoms with Crippen molar-refractivity contribution in [3.8, 4) is 0 Å². The second kappa shape index (κ2) is 7.77. The van der Waals surface area contributed by atoms with E-state index in [0.29, 0.717) is 12.8 Å². The Morgan fingerprint density at radius 2 is 1.30 bits per heavy atom. The molecule has 4 atom stereocenters. The van der Waals surface area contributed by atoms with Crippen LogP contribution >= 0.6 is 34.8 Å². The van der Waals surface area contributed by atoms with Crippen molar-refractivity contribution < 1.29 is 23.8 Å². The molecule has 23 heavy (non-hydrogen) atoms. The van der Waals surface area contributed by atoms with E-state index in [4.69, 9.17) is 49.0 Å². The Bertz CT molecular complexity index is 401. The van der Waals surface area contributed by atoms with E-state index in [9.17, 15) is 9.59 Å². The number of alkyl halides is 3. The average molecular weight is 390 g/mol. The van der Waals surface area contributed by atoms with E-state index >= 15 is 0 Å². The molecule has 0 saturated carbocycles. The van der Waals surface area contributed by atoms with E-state index in [-0.39, 0.29) is 0 Å². The van der Waals surface area contributed by atoms with Crippen molar-refractivity contribution in [3.05, 3.63) is 0 Å². The van der Waals surface area contributed by atoms with Gasteiger partial charge in [0.2, 0.25) is 0 Å². The van der Waals surface area contributed by atoms with E-state index in [1.54, 1.807) is 20.8 Å². The third-order valence-electron chi connectivity index (χ3n) is 3.51. The Balaban J connectivity index is 3.08. The molecule has 5 nitrogen and oxygen atoms in total. The molecule has 1 heterocycles. The maximum absolute atomic E-state index is 12.6. The van der Waals surface area contributed by atoms with Crippen LogP contribution in [0.25, 0.3) is 0 Å². The highest BCUT2D eigenvalue weighted by atomic mass is 35.6. The maximum atomic E-state index is 12.6. The Morgan fingerprint density at radius 1 is 0.913 bits per heavy atom. The molecule has 0 N–H and O–H groups in total. The summed E-state index contributed by atoms with van der Waals surface area (Å²) in [4.78, 5) is 25.0. The van der Waals surface area contributed by atoms with Gasteiger partial charge in [0.05, 0.1) is 24.0 Å². The summed E-state index contributed by atoms with van der Waals surface area (Å²) >= 11 is 16.6. The molecule has 1 aliphatic rings. The molecule has 0 aromatic heterocycles. The first-order chi connectivity index (χ1) is 10.4. The zero-order valence-electron chi connectivity index (χ0n) is 13.9. The molecular weight excluding hydrogens is 367 g/mol. The van der Waals surface area contributed by atoms with E-state index < -0.39 is 45.6 Å². The normalized spacial score (nSPS) is 28.5. The molecule has 1 aliphatic heterocycles. The van der Waals surface area contributed by atoms with Crippen molar-refractivity contribution in [1.29, 1.82) is 0 Å². The molecule has 1 rings (SSSR count). The predicted molar refractivity (Wildman–Crippen MR) is 88.5 cm³/mol. The quantitative estimate of drug-likeness (QED) is 0.537. The lowest BCUT2D eigenvalue weighted by molar-refractivity contribution is -0.168. The molecule has 134 valence electrons. The molecule has 0 bridgehead atoms. The predicted octanol–water partition coefficient (Wildman–Crippen LogP) is 4.02. The van der Waals surface area contributed by atoms with Gasteiger partial charge >= 0.3 is 15.9 Å². The zero-order valence-corrected chi connectivity index (χ0v) is 16.2. The van der Waals surface area contributed by atoms with Crippen molar-refractivity contribution in [2.75, 3.05) is 0 Å². The van der Waals surface area contributed by atoms with Gasteiger partial charge in [-0.1, -0.05) is 13.8 Å². The number of hydrogen-bond donors (Lipinski definition) is 0. The second-order valence-corrected chi connectivity index (χ2v) is 8.66. The highest BCUT2D eigenvalue weighted by Crippen LogP contribution is 2.40. The van der Waals surface area contributed by atoms with E-state index in [2.05, 4.69) is 0 Å². The molecular formula is C15H23Cl3O5. The van der Waals surface area contributed by atoms with Crippen LogP contribution in [0.15, 0.2) is 0 Å². The second-order valence-electron chi connectivity index (χ2n) is 6.48. The molecule has 8 heteroatoms. The molecule has 1 saturated heterocycles. The third kappa shape index (κ3) is 5.96. The van der Waals surface area contributed by atoms with Crippen molar-refractivity contribution in [3.63, 3.8) is 0 Å². The van der Waals surface area contributed by atoms with Crippen LogP contribution in [-0.2, 0) is 23.8 Å². The molecule has 0 aromatic rings. The van der Waals surface area contributed by atoms with Gasteiger partial charge in [-0.3, -0.25) is 9.59 Å². The number of esters is 2. The highest BCUT2D eigenvalue weighted by Gasteiger charge is 2.53. The fourth-order valence-electron chi connectivity index (χ4n) is 2.71. The van der Waals surface area contributed by atoms with Crippen LogP contribution in [0.5, 0.6) is 0 Å². The summed E-state index contributed by atoms with van der Waals surface area (Å²) in [6.07, 6.45) is 0.146. The van der Waals surface area contributed by atoms with Gasteiger partial charge in [0.15, 0.2) is 0 Å². The van der Waals surface area contributed by atoms with E-state index in [1.807, 2.05) is 13.8 Å². The van der Waals surface area contributed by atoms with Gasteiger partial charge in [-0.15, -0.1) is 0 Å². The van der Waals surface area contributed by atoms with E-state index in [1.165, 1.54) is 0 Å². The molecule has 0 radical (unpaired) electrons. The van der Waals surface area contributed by atoms with Gasteiger partial charge in [0.1, 0.15) is 5.60 Å². The third-order valence-corrected chi connectivity index (χ3v) is 3.74. The van der Waals surface area contributed by atoms with Crippen molar-refractivity contribution in [2.24, 2.45) is 11.8 Å². The summed E-state index contributed by atoms with van der Waals surface area (Å²) in [7, 11) is 0. The lowest BCUT2D eigenvalue weighted by atomic mass is 9.85. The van der Waals surface area contributed by atoms with Crippen LogP contribution in [0.4, 0.5) is 0 Å². The van der Waals surface area contributed by atoms with Gasteiger partial charge in [-0.2, -0.15) is 0 Å². The summed E-state index contributed by atoms with van der Waals surface area (Å²) < 4.78 is 13.9. The minimum Gasteiger partial charge on any atom is -0.460 e. The van der Waals surface area contributed by atoms with Crippen molar-refractivity contribution in [2.45, 2.75) is 69.2 Å². The monoisotopic (exact) mass is 388 g/mol. The standard InChI is InChI=1S/C15H23Cl3O5/c1-6-8-10(12(19)22-14(3,4)5)11(9(7-2)21-8)13(20)23-15(16,17)18/h8-11H,6-7H2,1-5H3. The maximum Gasteiger partial charge on any atom is 0.340 e. The molecule has 1 fully saturated rings. The number of carbonyl (C=O) groups excluding carboxylic acids is 2. The molecule has 4 unspecified atom stereocenters. The van der Waals surface area contributed by atoms with Crippen LogP contribution in [0, 0.1) is 11.8 Å². The van der Waals surface area contributed by atoms with Gasteiger partial charge in [-0.25, -0.2) is 0 Å². The summed E-state index contributed by atoms with van der Waals surface area (Å²) in [5.41, 5.74) is -0.677. The number of ether oxygens (including phenoxy) is 3. The summed E-state index contributed by atoms with van der Waals surface area (Å²) in [5.74, 6) is -2.94. The van der Waals surface area contributed by atoms with Gasteiger partial charge < -0.3 is 14.2 Å². The first-order valence-corrected chi connectivity index (χ1v) is 8.71. The average Bonchev–Trinajstić information content (AvgIpc) is 2.73. The minimum absolute atomic E-state index is 0.442. The van der Waals surface area contributed by atoms with Gasteiger partial charge in [-0.05, 0) is 68.4 Å². The van der Waals surface area contributed by atoms with Crippen molar-refractivity contribution >= 4 is 46.7 Å². The number of carbonyl (C=O) groups is 2. The van der Waals surface area contributed by atoms with Crippen LogP contribution in [0.3, 0.4) is 0 Å². The Morgan fingerprint density at radius 3 is 1.61 bits per heavy atom.